The van der Waals surface area contributed by atoms with Crippen LogP contribution in [0.1, 0.15) is 109 Å². The number of hydrogen-bond donors (Lipinski definition) is 4. The van der Waals surface area contributed by atoms with Crippen molar-refractivity contribution < 1.29 is 38.2 Å². The van der Waals surface area contributed by atoms with Crippen LogP contribution in [0, 0.1) is 24.2 Å². The maximum atomic E-state index is 14.6. The van der Waals surface area contributed by atoms with Crippen molar-refractivity contribution in [2.24, 2.45) is 5.92 Å². The SMILES string of the molecule is Cc1ccc2c(c1)CCN(C(=O)[C@@H](NC(=O)[C@H](CCCC(=O)OC(C)(C)C)NC(=O)C1Cc3ccccc3N1)C(C)C)[C@@H]2C(=O)N[C@H](C#N)CC(=O)OC(C)(C)C. The molecule has 57 heavy (non-hydrogen) atoms. The molecule has 2 aliphatic heterocycles. The Morgan fingerprint density at radius 2 is 1.56 bits per heavy atom. The molecule has 0 spiro atoms. The zero-order chi connectivity index (χ0) is 42.2. The fraction of sp³-hybridized carbons (Fsp3) is 0.558. The van der Waals surface area contributed by atoms with Gasteiger partial charge in [-0.1, -0.05) is 55.8 Å². The summed E-state index contributed by atoms with van der Waals surface area (Å²) in [5.74, 6) is -3.77. The van der Waals surface area contributed by atoms with Crippen molar-refractivity contribution in [2.45, 2.75) is 142 Å². The monoisotopic (exact) mass is 786 g/mol. The lowest BCUT2D eigenvalue weighted by Gasteiger charge is -2.39. The number of rotatable bonds is 14. The Labute approximate surface area is 335 Å². The Hall–Kier alpha value is -5.45. The largest absolute Gasteiger partial charge is 0.460 e. The first-order valence-electron chi connectivity index (χ1n) is 19.6. The lowest BCUT2D eigenvalue weighted by atomic mass is 9.89. The quantitative estimate of drug-likeness (QED) is 0.200. The van der Waals surface area contributed by atoms with Gasteiger partial charge in [-0.2, -0.15) is 5.26 Å². The Bertz CT molecular complexity index is 1850. The van der Waals surface area contributed by atoms with E-state index >= 15 is 0 Å². The van der Waals surface area contributed by atoms with E-state index in [1.807, 2.05) is 49.4 Å². The van der Waals surface area contributed by atoms with Gasteiger partial charge < -0.3 is 35.6 Å². The number of nitriles is 1. The minimum atomic E-state index is -1.23. The summed E-state index contributed by atoms with van der Waals surface area (Å²) in [6.07, 6.45) is 0.785. The number of esters is 2. The summed E-state index contributed by atoms with van der Waals surface area (Å²) < 4.78 is 10.8. The first-order chi connectivity index (χ1) is 26.6. The normalized spacial score (nSPS) is 17.7. The Morgan fingerprint density at radius 1 is 0.895 bits per heavy atom. The maximum absolute atomic E-state index is 14.6. The molecule has 1 unspecified atom stereocenters. The van der Waals surface area contributed by atoms with Crippen molar-refractivity contribution in [3.63, 3.8) is 0 Å². The second-order valence-electron chi connectivity index (χ2n) is 17.2. The predicted octanol–water partition coefficient (Wildman–Crippen LogP) is 4.34. The molecule has 0 saturated carbocycles. The highest BCUT2D eigenvalue weighted by atomic mass is 16.6. The van der Waals surface area contributed by atoms with Gasteiger partial charge in [0, 0.05) is 25.1 Å². The molecule has 4 amide bonds. The fourth-order valence-electron chi connectivity index (χ4n) is 6.99. The molecule has 4 rings (SSSR count). The second kappa shape index (κ2) is 18.7. The van der Waals surface area contributed by atoms with E-state index in [4.69, 9.17) is 9.47 Å². The molecule has 0 saturated heterocycles. The number of carbonyl (C=O) groups is 6. The standard InChI is InChI=1S/C43H58N6O8/c1-25(2)36(48-38(52)32(15-12-16-34(50)56-42(4,5)6)47-39(53)33-22-28-13-10-11-14-31(28)46-33)41(55)49-20-19-27-21-26(3)17-18-30(27)37(49)40(54)45-29(24-44)23-35(51)57-43(7,8)9/h10-11,13-14,17-18,21,25,29,32-33,36-37,46H,12,15-16,19-20,22-23H2,1-9H3,(H,45,54)(H,47,53)(H,48,52)/t29-,32-,33?,36-,37-/m0/s1. The molecule has 14 heteroatoms. The van der Waals surface area contributed by atoms with Crippen LogP contribution in [0.5, 0.6) is 0 Å². The summed E-state index contributed by atoms with van der Waals surface area (Å²) in [7, 11) is 0. The first kappa shape index (κ1) is 44.3. The van der Waals surface area contributed by atoms with Crippen LogP contribution >= 0.6 is 0 Å². The highest BCUT2D eigenvalue weighted by Crippen LogP contribution is 2.32. The topological polar surface area (TPSA) is 196 Å². The lowest BCUT2D eigenvalue weighted by Crippen LogP contribution is -2.59. The summed E-state index contributed by atoms with van der Waals surface area (Å²) in [6.45, 7) is 16.0. The molecule has 0 fully saturated rings. The molecule has 0 radical (unpaired) electrons. The molecule has 2 aliphatic rings. The number of fused-ring (bicyclic) bond motifs is 2. The van der Waals surface area contributed by atoms with E-state index in [0.29, 0.717) is 18.4 Å². The Balaban J connectivity index is 1.57. The minimum Gasteiger partial charge on any atom is -0.460 e. The van der Waals surface area contributed by atoms with Gasteiger partial charge in [0.1, 0.15) is 41.4 Å². The Morgan fingerprint density at radius 3 is 2.19 bits per heavy atom. The first-order valence-corrected chi connectivity index (χ1v) is 19.6. The molecule has 2 aromatic carbocycles. The number of hydrogen-bond acceptors (Lipinski definition) is 10. The number of anilines is 1. The van der Waals surface area contributed by atoms with E-state index in [1.54, 1.807) is 61.5 Å². The van der Waals surface area contributed by atoms with Crippen molar-refractivity contribution in [3.8, 4) is 6.07 Å². The van der Waals surface area contributed by atoms with Crippen molar-refractivity contribution in [3.05, 3.63) is 64.7 Å². The maximum Gasteiger partial charge on any atom is 0.309 e. The van der Waals surface area contributed by atoms with Crippen LogP contribution in [-0.2, 0) is 51.1 Å². The van der Waals surface area contributed by atoms with E-state index in [1.165, 1.54) is 4.90 Å². The van der Waals surface area contributed by atoms with Crippen LogP contribution in [0.15, 0.2) is 42.5 Å². The minimum absolute atomic E-state index is 0.0116. The highest BCUT2D eigenvalue weighted by Gasteiger charge is 2.41. The van der Waals surface area contributed by atoms with E-state index in [-0.39, 0.29) is 25.8 Å². The number of nitrogens with zero attached hydrogens (tertiary/aromatic N) is 2. The van der Waals surface area contributed by atoms with Crippen molar-refractivity contribution in [1.29, 1.82) is 5.26 Å². The Kier molecular flexibility index (Phi) is 14.5. The molecule has 14 nitrogen and oxygen atoms in total. The van der Waals surface area contributed by atoms with Gasteiger partial charge >= 0.3 is 11.9 Å². The molecule has 4 N–H and O–H groups in total. The van der Waals surface area contributed by atoms with Crippen molar-refractivity contribution in [2.75, 3.05) is 11.9 Å². The summed E-state index contributed by atoms with van der Waals surface area (Å²) in [6, 6.07) is 9.82. The number of aryl methyl sites for hydroxylation is 1. The average molecular weight is 787 g/mol. The molecule has 5 atom stereocenters. The van der Waals surface area contributed by atoms with Gasteiger partial charge in [-0.3, -0.25) is 28.8 Å². The molecule has 308 valence electrons. The second-order valence-corrected chi connectivity index (χ2v) is 17.2. The van der Waals surface area contributed by atoms with Gasteiger partial charge in [-0.05, 0) is 96.4 Å². The van der Waals surface area contributed by atoms with E-state index in [2.05, 4.69) is 21.3 Å². The van der Waals surface area contributed by atoms with Crippen LogP contribution in [-0.4, -0.2) is 82.4 Å². The molecule has 0 aliphatic carbocycles. The lowest BCUT2D eigenvalue weighted by molar-refractivity contribution is -0.156. The van der Waals surface area contributed by atoms with Gasteiger partial charge in [0.2, 0.25) is 23.6 Å². The third-order valence-electron chi connectivity index (χ3n) is 9.57. The number of carbonyl (C=O) groups excluding carboxylic acids is 6. The fourth-order valence-corrected chi connectivity index (χ4v) is 6.99. The predicted molar refractivity (Wildman–Crippen MR) is 213 cm³/mol. The van der Waals surface area contributed by atoms with E-state index in [9.17, 15) is 34.0 Å². The van der Waals surface area contributed by atoms with Crippen LogP contribution in [0.4, 0.5) is 5.69 Å². The molecular weight excluding hydrogens is 729 g/mol. The molecule has 2 aromatic rings. The highest BCUT2D eigenvalue weighted by molar-refractivity contribution is 5.96. The number of nitrogens with one attached hydrogen (secondary N) is 4. The number of benzene rings is 2. The smallest absolute Gasteiger partial charge is 0.309 e. The van der Waals surface area contributed by atoms with Gasteiger partial charge in [-0.15, -0.1) is 0 Å². The summed E-state index contributed by atoms with van der Waals surface area (Å²) in [4.78, 5) is 83.0. The number of amides is 4. The van der Waals surface area contributed by atoms with Crippen LogP contribution in [0.25, 0.3) is 0 Å². The van der Waals surface area contributed by atoms with Gasteiger partial charge in [0.25, 0.3) is 0 Å². The van der Waals surface area contributed by atoms with Crippen molar-refractivity contribution >= 4 is 41.3 Å². The molecule has 0 bridgehead atoms. The molecule has 2 heterocycles. The number of ether oxygens (including phenoxy) is 2. The molecule has 0 aromatic heterocycles. The summed E-state index contributed by atoms with van der Waals surface area (Å²) >= 11 is 0. The van der Waals surface area contributed by atoms with Crippen LogP contribution in [0.2, 0.25) is 0 Å². The van der Waals surface area contributed by atoms with Gasteiger partial charge in [0.05, 0.1) is 12.5 Å². The van der Waals surface area contributed by atoms with Crippen LogP contribution in [0.3, 0.4) is 0 Å². The van der Waals surface area contributed by atoms with Gasteiger partial charge in [0.15, 0.2) is 0 Å². The van der Waals surface area contributed by atoms with Crippen molar-refractivity contribution in [1.82, 2.24) is 20.9 Å². The molecular formula is C43H58N6O8. The van der Waals surface area contributed by atoms with E-state index < -0.39 is 89.3 Å². The zero-order valence-corrected chi connectivity index (χ0v) is 34.6. The van der Waals surface area contributed by atoms with E-state index in [0.717, 1.165) is 22.4 Å². The summed E-state index contributed by atoms with van der Waals surface area (Å²) in [5, 5.41) is 21.5. The average Bonchev–Trinajstić information content (AvgIpc) is 3.55. The third-order valence-corrected chi connectivity index (χ3v) is 9.57. The third kappa shape index (κ3) is 12.5. The van der Waals surface area contributed by atoms with Crippen LogP contribution < -0.4 is 21.3 Å². The zero-order valence-electron chi connectivity index (χ0n) is 34.6. The number of para-hydroxylation sites is 1. The van der Waals surface area contributed by atoms with Gasteiger partial charge in [-0.25, -0.2) is 0 Å². The summed E-state index contributed by atoms with van der Waals surface area (Å²) in [5.41, 5.74) is 2.72.